The van der Waals surface area contributed by atoms with Gasteiger partial charge in [0.25, 0.3) is 0 Å². The summed E-state index contributed by atoms with van der Waals surface area (Å²) in [6.07, 6.45) is 5.86. The number of aromatic nitrogens is 4. The van der Waals surface area contributed by atoms with E-state index in [2.05, 4.69) is 26.9 Å². The average Bonchev–Trinajstić information content (AvgIpc) is 3.63. The molecule has 4 aliphatic rings. The molecule has 198 valence electrons. The van der Waals surface area contributed by atoms with Gasteiger partial charge in [-0.25, -0.2) is 9.97 Å². The highest BCUT2D eigenvalue weighted by molar-refractivity contribution is 6.33. The second-order valence-electron chi connectivity index (χ2n) is 10.9. The second kappa shape index (κ2) is 9.00. The molecule has 10 nitrogen and oxygen atoms in total. The summed E-state index contributed by atoms with van der Waals surface area (Å²) < 4.78 is 11.6. The van der Waals surface area contributed by atoms with Gasteiger partial charge in [0, 0.05) is 43.7 Å². The summed E-state index contributed by atoms with van der Waals surface area (Å²) in [5.74, 6) is 2.73. The van der Waals surface area contributed by atoms with Crippen LogP contribution in [-0.2, 0) is 17.7 Å². The Morgan fingerprint density at radius 2 is 2.00 bits per heavy atom. The first-order valence-corrected chi connectivity index (χ1v) is 13.7. The Labute approximate surface area is 226 Å². The zero-order chi connectivity index (χ0) is 26.0. The molecule has 1 spiro atoms. The van der Waals surface area contributed by atoms with Crippen LogP contribution in [0.5, 0.6) is 0 Å². The lowest BCUT2D eigenvalue weighted by Crippen LogP contribution is -2.50. The van der Waals surface area contributed by atoms with E-state index in [1.807, 2.05) is 18.3 Å². The number of aryl methyl sites for hydroxylation is 1. The van der Waals surface area contributed by atoms with E-state index in [9.17, 15) is 0 Å². The van der Waals surface area contributed by atoms with Gasteiger partial charge in [-0.15, -0.1) is 10.2 Å². The number of hydrogen-bond acceptors (Lipinski definition) is 10. The lowest BCUT2D eigenvalue weighted by atomic mass is 9.73. The Balaban J connectivity index is 1.14. The summed E-state index contributed by atoms with van der Waals surface area (Å²) in [5, 5.41) is 8.85. The van der Waals surface area contributed by atoms with Crippen LogP contribution in [0.1, 0.15) is 49.0 Å². The quantitative estimate of drug-likeness (QED) is 0.526. The van der Waals surface area contributed by atoms with E-state index in [0.29, 0.717) is 23.3 Å². The van der Waals surface area contributed by atoms with Gasteiger partial charge < -0.3 is 24.7 Å². The molecule has 0 saturated carbocycles. The summed E-state index contributed by atoms with van der Waals surface area (Å²) >= 11 is 6.62. The number of anilines is 2. The highest BCUT2D eigenvalue weighted by Gasteiger charge is 2.47. The maximum absolute atomic E-state index is 6.62. The first-order valence-electron chi connectivity index (χ1n) is 13.4. The molecule has 0 amide bonds. The number of nitrogens with zero attached hydrogens (tertiary/aromatic N) is 7. The highest BCUT2D eigenvalue weighted by Crippen LogP contribution is 2.43. The number of halogens is 1. The minimum Gasteiger partial charge on any atom is -0.421 e. The van der Waals surface area contributed by atoms with Crippen molar-refractivity contribution in [1.82, 2.24) is 20.2 Å². The molecule has 11 heteroatoms. The fraction of sp³-hybridized carbons (Fsp3) is 0.519. The third-order valence-corrected chi connectivity index (χ3v) is 9.00. The number of rotatable bonds is 2. The lowest BCUT2D eigenvalue weighted by Gasteiger charge is -2.41. The molecule has 4 aliphatic heterocycles. The van der Waals surface area contributed by atoms with E-state index in [1.165, 1.54) is 0 Å². The molecule has 3 aromatic rings. The number of piperidine rings is 1. The Kier molecular flexibility index (Phi) is 5.68. The van der Waals surface area contributed by atoms with Crippen LogP contribution < -0.4 is 15.5 Å². The van der Waals surface area contributed by atoms with Gasteiger partial charge in [0.05, 0.1) is 41.7 Å². The van der Waals surface area contributed by atoms with Gasteiger partial charge >= 0.3 is 0 Å². The van der Waals surface area contributed by atoms with Crippen molar-refractivity contribution in [2.24, 2.45) is 16.1 Å². The molecule has 0 radical (unpaired) electrons. The van der Waals surface area contributed by atoms with Crippen molar-refractivity contribution in [3.8, 4) is 11.5 Å². The standard InChI is InChI=1S/C27H31ClN8O2/c1-15-24(29)27(14-37-15)7-10-35(11-8-27)21-13-30-23-19(32-21)12-31-25(23)36-9-3-4-17-20(36)6-5-18(28)22(17)26-34-33-16(2)38-26/h5-6,13,15,24H,3-4,7-12,14,29H2,1-2H3/t15-,24+/m0/s1. The monoisotopic (exact) mass is 534 g/mol. The van der Waals surface area contributed by atoms with Crippen molar-refractivity contribution in [2.45, 2.75) is 58.2 Å². The van der Waals surface area contributed by atoms with Gasteiger partial charge in [-0.2, -0.15) is 0 Å². The summed E-state index contributed by atoms with van der Waals surface area (Å²) in [5.41, 5.74) is 11.3. The number of aliphatic imine (C=N–C) groups is 1. The Hall–Kier alpha value is -3.08. The van der Waals surface area contributed by atoms with Crippen molar-refractivity contribution < 1.29 is 9.15 Å². The van der Waals surface area contributed by atoms with E-state index < -0.39 is 0 Å². The minimum atomic E-state index is 0.0830. The molecule has 0 bridgehead atoms. The maximum Gasteiger partial charge on any atom is 0.249 e. The van der Waals surface area contributed by atoms with Crippen molar-refractivity contribution in [1.29, 1.82) is 0 Å². The summed E-state index contributed by atoms with van der Waals surface area (Å²) in [4.78, 5) is 19.4. The third-order valence-electron chi connectivity index (χ3n) is 8.68. The van der Waals surface area contributed by atoms with Gasteiger partial charge in [0.15, 0.2) is 5.84 Å². The fourth-order valence-electron chi connectivity index (χ4n) is 6.46. The number of ether oxygens (including phenoxy) is 1. The molecule has 2 aromatic heterocycles. The number of hydrogen-bond donors (Lipinski definition) is 1. The first-order chi connectivity index (χ1) is 18.4. The van der Waals surface area contributed by atoms with Gasteiger partial charge in [0.2, 0.25) is 11.8 Å². The van der Waals surface area contributed by atoms with Crippen LogP contribution in [0.3, 0.4) is 0 Å². The van der Waals surface area contributed by atoms with Crippen LogP contribution in [0, 0.1) is 12.3 Å². The zero-order valence-corrected chi connectivity index (χ0v) is 22.4. The van der Waals surface area contributed by atoms with Gasteiger partial charge in [-0.3, -0.25) is 4.99 Å². The van der Waals surface area contributed by atoms with Crippen molar-refractivity contribution in [3.05, 3.63) is 46.2 Å². The van der Waals surface area contributed by atoms with Crippen LogP contribution in [0.15, 0.2) is 27.7 Å². The largest absolute Gasteiger partial charge is 0.421 e. The molecule has 2 saturated heterocycles. The molecular formula is C27H31ClN8O2. The van der Waals surface area contributed by atoms with Crippen LogP contribution in [0.25, 0.3) is 11.5 Å². The summed E-state index contributed by atoms with van der Waals surface area (Å²) in [6, 6.07) is 4.04. The van der Waals surface area contributed by atoms with E-state index in [1.54, 1.807) is 6.92 Å². The normalized spacial score (nSPS) is 24.1. The summed E-state index contributed by atoms with van der Waals surface area (Å²) in [7, 11) is 0. The van der Waals surface area contributed by atoms with Crippen LogP contribution >= 0.6 is 11.6 Å². The van der Waals surface area contributed by atoms with Crippen LogP contribution in [0.4, 0.5) is 11.5 Å². The van der Waals surface area contributed by atoms with Crippen molar-refractivity contribution in [3.63, 3.8) is 0 Å². The topological polar surface area (TPSA) is 119 Å². The minimum absolute atomic E-state index is 0.0830. The van der Waals surface area contributed by atoms with Gasteiger partial charge in [-0.1, -0.05) is 11.6 Å². The second-order valence-corrected chi connectivity index (χ2v) is 11.3. The molecule has 2 fully saturated rings. The van der Waals surface area contributed by atoms with E-state index in [4.69, 9.17) is 41.4 Å². The smallest absolute Gasteiger partial charge is 0.249 e. The molecule has 2 N–H and O–H groups in total. The molecular weight excluding hydrogens is 504 g/mol. The third kappa shape index (κ3) is 3.72. The fourth-order valence-corrected chi connectivity index (χ4v) is 6.71. The lowest BCUT2D eigenvalue weighted by molar-refractivity contribution is 0.0974. The SMILES string of the molecule is Cc1nnc(-c2c(Cl)ccc3c2CCCN3C2=NCc3nc(N4CCC5(CC4)CO[C@@H](C)[C@H]5N)cnc32)o1. The molecule has 1 aromatic carbocycles. The average molecular weight is 535 g/mol. The molecule has 2 atom stereocenters. The highest BCUT2D eigenvalue weighted by atomic mass is 35.5. The molecule has 0 aliphatic carbocycles. The Morgan fingerprint density at radius 3 is 2.74 bits per heavy atom. The molecule has 6 heterocycles. The number of benzene rings is 1. The number of fused-ring (bicyclic) bond motifs is 2. The van der Waals surface area contributed by atoms with Gasteiger partial charge in [0.1, 0.15) is 11.5 Å². The molecule has 0 unspecified atom stereocenters. The number of nitrogens with two attached hydrogens (primary N) is 1. The predicted molar refractivity (Wildman–Crippen MR) is 145 cm³/mol. The maximum atomic E-state index is 6.62. The van der Waals surface area contributed by atoms with Gasteiger partial charge in [-0.05, 0) is 50.3 Å². The molecule has 38 heavy (non-hydrogen) atoms. The van der Waals surface area contributed by atoms with Crippen molar-refractivity contribution in [2.75, 3.05) is 36.0 Å². The van der Waals surface area contributed by atoms with E-state index in [-0.39, 0.29) is 17.6 Å². The molecule has 7 rings (SSSR count). The Morgan fingerprint density at radius 1 is 1.16 bits per heavy atom. The first kappa shape index (κ1) is 24.0. The number of amidine groups is 1. The zero-order valence-electron chi connectivity index (χ0n) is 21.7. The van der Waals surface area contributed by atoms with E-state index >= 15 is 0 Å². The van der Waals surface area contributed by atoms with Crippen LogP contribution in [-0.4, -0.2) is 64.4 Å². The predicted octanol–water partition coefficient (Wildman–Crippen LogP) is 3.53. The van der Waals surface area contributed by atoms with Crippen molar-refractivity contribution >= 4 is 28.9 Å². The van der Waals surface area contributed by atoms with Crippen LogP contribution in [0.2, 0.25) is 5.02 Å². The Bertz CT molecular complexity index is 1430. The summed E-state index contributed by atoms with van der Waals surface area (Å²) in [6.45, 7) is 7.79. The van der Waals surface area contributed by atoms with E-state index in [0.717, 1.165) is 91.8 Å².